The second kappa shape index (κ2) is 7.30. The van der Waals surface area contributed by atoms with Crippen molar-refractivity contribution in [3.8, 4) is 0 Å². The van der Waals surface area contributed by atoms with Crippen LogP contribution in [0.5, 0.6) is 0 Å². The SMILES string of the molecule is COC12C(CO)C3=C(C(=O)C(C)=C(NC4(C)CCCO4)C3=O)N1CC1NC12.NC(=O)O. The van der Waals surface area contributed by atoms with Crippen molar-refractivity contribution in [1.29, 1.82) is 0 Å². The molecular formula is C20H28N4O7. The highest BCUT2D eigenvalue weighted by Crippen LogP contribution is 2.55. The number of rotatable bonds is 4. The predicted octanol–water partition coefficient (Wildman–Crippen LogP) is -0.974. The van der Waals surface area contributed by atoms with Gasteiger partial charge in [0.1, 0.15) is 5.72 Å². The summed E-state index contributed by atoms with van der Waals surface area (Å²) in [5, 5.41) is 23.9. The zero-order chi connectivity index (χ0) is 22.7. The number of carbonyl (C=O) groups is 3. The van der Waals surface area contributed by atoms with Crippen molar-refractivity contribution in [1.82, 2.24) is 15.5 Å². The fourth-order valence-corrected chi connectivity index (χ4v) is 5.44. The van der Waals surface area contributed by atoms with Crippen molar-refractivity contribution in [2.75, 3.05) is 26.9 Å². The summed E-state index contributed by atoms with van der Waals surface area (Å²) in [6.45, 7) is 4.55. The summed E-state index contributed by atoms with van der Waals surface area (Å²) >= 11 is 0. The number of ketones is 2. The zero-order valence-corrected chi connectivity index (χ0v) is 17.7. The predicted molar refractivity (Wildman–Crippen MR) is 106 cm³/mol. The Hall–Kier alpha value is -2.47. The summed E-state index contributed by atoms with van der Waals surface area (Å²) < 4.78 is 11.6. The second-order valence-electron chi connectivity index (χ2n) is 8.62. The first kappa shape index (κ1) is 21.8. The van der Waals surface area contributed by atoms with Gasteiger partial charge in [-0.05, 0) is 26.7 Å². The molecule has 0 saturated carbocycles. The molecule has 4 aliphatic heterocycles. The van der Waals surface area contributed by atoms with Gasteiger partial charge in [-0.2, -0.15) is 0 Å². The number of allylic oxidation sites excluding steroid dienone is 2. The monoisotopic (exact) mass is 436 g/mol. The number of methoxy groups -OCH3 is 1. The van der Waals surface area contributed by atoms with E-state index in [0.29, 0.717) is 30.0 Å². The minimum atomic E-state index is -1.33. The van der Waals surface area contributed by atoms with Crippen LogP contribution in [0.15, 0.2) is 22.5 Å². The minimum absolute atomic E-state index is 0.0123. The van der Waals surface area contributed by atoms with Crippen LogP contribution in [-0.2, 0) is 19.1 Å². The van der Waals surface area contributed by atoms with E-state index in [1.165, 1.54) is 0 Å². The first-order valence-electron chi connectivity index (χ1n) is 10.3. The first-order valence-corrected chi connectivity index (χ1v) is 10.3. The number of aliphatic hydroxyl groups excluding tert-OH is 1. The Labute approximate surface area is 179 Å². The van der Waals surface area contributed by atoms with Crippen molar-refractivity contribution in [3.05, 3.63) is 22.5 Å². The number of piperazine rings is 1. The summed E-state index contributed by atoms with van der Waals surface area (Å²) in [6, 6.07) is 0.240. The normalized spacial score (nSPS) is 37.9. The van der Waals surface area contributed by atoms with E-state index in [0.717, 1.165) is 12.8 Å². The molecule has 5 rings (SSSR count). The molecule has 11 nitrogen and oxygen atoms in total. The Bertz CT molecular complexity index is 903. The van der Waals surface area contributed by atoms with Gasteiger partial charge in [0.2, 0.25) is 11.6 Å². The van der Waals surface area contributed by atoms with E-state index in [1.54, 1.807) is 14.0 Å². The molecule has 3 fully saturated rings. The number of nitrogens with zero attached hydrogens (tertiary/aromatic N) is 1. The molecule has 6 N–H and O–H groups in total. The number of carbonyl (C=O) groups excluding carboxylic acids is 2. The topological polar surface area (TPSA) is 173 Å². The lowest BCUT2D eigenvalue weighted by molar-refractivity contribution is -0.137. The number of amides is 1. The summed E-state index contributed by atoms with van der Waals surface area (Å²) in [5.74, 6) is -0.977. The minimum Gasteiger partial charge on any atom is -0.465 e. The van der Waals surface area contributed by atoms with E-state index >= 15 is 0 Å². The highest BCUT2D eigenvalue weighted by atomic mass is 16.5. The number of primary amides is 1. The molecule has 0 aromatic carbocycles. The van der Waals surface area contributed by atoms with E-state index in [4.69, 9.17) is 19.4 Å². The Morgan fingerprint density at radius 3 is 2.65 bits per heavy atom. The van der Waals surface area contributed by atoms with Crippen LogP contribution in [0, 0.1) is 5.92 Å². The Morgan fingerprint density at radius 2 is 2.10 bits per heavy atom. The van der Waals surface area contributed by atoms with Gasteiger partial charge in [0.15, 0.2) is 5.72 Å². The quantitative estimate of drug-likeness (QED) is 0.272. The number of fused-ring (bicyclic) bond motifs is 4. The summed E-state index contributed by atoms with van der Waals surface area (Å²) in [6.07, 6.45) is 0.336. The average molecular weight is 436 g/mol. The van der Waals surface area contributed by atoms with Gasteiger partial charge in [-0.3, -0.25) is 9.59 Å². The van der Waals surface area contributed by atoms with Crippen LogP contribution in [-0.4, -0.2) is 83.2 Å². The number of nitrogens with one attached hydrogen (secondary N) is 2. The molecule has 5 unspecified atom stereocenters. The third kappa shape index (κ3) is 3.06. The van der Waals surface area contributed by atoms with Crippen LogP contribution >= 0.6 is 0 Å². The number of aliphatic hydroxyl groups is 1. The Kier molecular flexibility index (Phi) is 5.12. The van der Waals surface area contributed by atoms with Crippen LogP contribution in [0.4, 0.5) is 4.79 Å². The Balaban J connectivity index is 0.000000535. The maximum atomic E-state index is 13.5. The molecule has 170 valence electrons. The van der Waals surface area contributed by atoms with Gasteiger partial charge in [0, 0.05) is 37.4 Å². The van der Waals surface area contributed by atoms with Crippen LogP contribution in [0.3, 0.4) is 0 Å². The van der Waals surface area contributed by atoms with E-state index in [2.05, 4.69) is 16.4 Å². The first-order chi connectivity index (χ1) is 14.6. The molecule has 0 spiro atoms. The third-order valence-electron chi connectivity index (χ3n) is 6.83. The van der Waals surface area contributed by atoms with Crippen molar-refractivity contribution >= 4 is 17.7 Å². The lowest BCUT2D eigenvalue weighted by atomic mass is 9.82. The standard InChI is InChI=1S/C19H25N3O5.CH3NO2/c1-9-13(21-18(2)5-4-6-27-18)16(25)12-10(8-23)19(26-3)17-11(20-17)7-22(19)14(12)15(9)24;2-1(3)4/h10-11,17,20-21,23H,4-8H2,1-3H3;2H2,(H,3,4). The number of ether oxygens (including phenoxy) is 2. The van der Waals surface area contributed by atoms with E-state index in [1.807, 2.05) is 11.8 Å². The maximum Gasteiger partial charge on any atom is 0.402 e. The van der Waals surface area contributed by atoms with Gasteiger partial charge >= 0.3 is 6.09 Å². The van der Waals surface area contributed by atoms with Gasteiger partial charge in [-0.1, -0.05) is 0 Å². The van der Waals surface area contributed by atoms with Crippen molar-refractivity contribution in [3.63, 3.8) is 0 Å². The molecular weight excluding hydrogens is 408 g/mol. The summed E-state index contributed by atoms with van der Waals surface area (Å²) in [4.78, 5) is 37.4. The van der Waals surface area contributed by atoms with Gasteiger partial charge in [-0.15, -0.1) is 0 Å². The third-order valence-corrected chi connectivity index (χ3v) is 6.83. The molecule has 31 heavy (non-hydrogen) atoms. The van der Waals surface area contributed by atoms with Crippen molar-refractivity contribution in [2.45, 2.75) is 50.2 Å². The fraction of sp³-hybridized carbons (Fsp3) is 0.650. The van der Waals surface area contributed by atoms with E-state index in [9.17, 15) is 14.7 Å². The summed E-state index contributed by atoms with van der Waals surface area (Å²) in [5.41, 5.74) is 3.94. The largest absolute Gasteiger partial charge is 0.465 e. The fourth-order valence-electron chi connectivity index (χ4n) is 5.44. The number of hydrogen-bond acceptors (Lipinski definition) is 9. The maximum absolute atomic E-state index is 13.5. The van der Waals surface area contributed by atoms with Gasteiger partial charge in [0.05, 0.1) is 30.0 Å². The zero-order valence-electron chi connectivity index (χ0n) is 17.7. The molecule has 1 amide bonds. The van der Waals surface area contributed by atoms with Crippen molar-refractivity contribution in [2.24, 2.45) is 11.7 Å². The number of carboxylic acid groups (broad SMARTS) is 1. The lowest BCUT2D eigenvalue weighted by Crippen LogP contribution is -2.54. The van der Waals surface area contributed by atoms with Crippen LogP contribution in [0.25, 0.3) is 0 Å². The van der Waals surface area contributed by atoms with Gasteiger partial charge in [0.25, 0.3) is 0 Å². The average Bonchev–Trinajstić information content (AvgIpc) is 3.09. The van der Waals surface area contributed by atoms with Gasteiger partial charge < -0.3 is 41.0 Å². The lowest BCUT2D eigenvalue weighted by Gasteiger charge is -2.39. The molecule has 11 heteroatoms. The highest BCUT2D eigenvalue weighted by molar-refractivity contribution is 6.25. The number of nitrogens with two attached hydrogens (primary N) is 1. The molecule has 0 aromatic heterocycles. The molecule has 5 aliphatic rings. The molecule has 3 saturated heterocycles. The Morgan fingerprint density at radius 1 is 1.42 bits per heavy atom. The smallest absolute Gasteiger partial charge is 0.402 e. The molecule has 4 heterocycles. The van der Waals surface area contributed by atoms with E-state index in [-0.39, 0.29) is 36.0 Å². The molecule has 1 aliphatic carbocycles. The van der Waals surface area contributed by atoms with E-state index < -0.39 is 23.5 Å². The number of hydrogen-bond donors (Lipinski definition) is 5. The molecule has 0 aromatic rings. The highest BCUT2D eigenvalue weighted by Gasteiger charge is 2.72. The molecule has 0 bridgehead atoms. The van der Waals surface area contributed by atoms with Crippen LogP contribution in [0.1, 0.15) is 26.7 Å². The van der Waals surface area contributed by atoms with Gasteiger partial charge in [-0.25, -0.2) is 4.79 Å². The molecule has 0 radical (unpaired) electrons. The van der Waals surface area contributed by atoms with Crippen molar-refractivity contribution < 1.29 is 34.1 Å². The van der Waals surface area contributed by atoms with Crippen LogP contribution in [0.2, 0.25) is 0 Å². The molecule has 5 atom stereocenters. The second-order valence-corrected chi connectivity index (χ2v) is 8.62. The van der Waals surface area contributed by atoms with Crippen LogP contribution < -0.4 is 16.4 Å². The summed E-state index contributed by atoms with van der Waals surface area (Å²) in [7, 11) is 1.58. The number of Topliss-reactive ketones (excluding diaryl/α,β-unsaturated/α-hetero) is 2.